The fourth-order valence-corrected chi connectivity index (χ4v) is 7.31. The molecule has 0 unspecified atom stereocenters. The molecule has 3 atom stereocenters. The number of para-hydroxylation sites is 1. The number of aryl methyl sites for hydroxylation is 1. The molecule has 0 spiro atoms. The predicted octanol–water partition coefficient (Wildman–Crippen LogP) is 6.72. The number of hydrogen-bond acceptors (Lipinski definition) is 4. The molecule has 0 aliphatic carbocycles. The molecule has 2 bridgehead atoms. The van der Waals surface area contributed by atoms with Crippen molar-refractivity contribution in [2.75, 3.05) is 28.2 Å². The molecule has 3 aliphatic rings. The van der Waals surface area contributed by atoms with Gasteiger partial charge in [0.1, 0.15) is 0 Å². The Morgan fingerprint density at radius 1 is 0.848 bits per heavy atom. The maximum atomic E-state index is 14.1. The molecule has 1 fully saturated rings. The largest absolute Gasteiger partial charge is 0.416 e. The number of nitrogens with one attached hydrogen (secondary N) is 1. The minimum atomic E-state index is -4.60. The van der Waals surface area contributed by atoms with Crippen LogP contribution in [0.5, 0.6) is 0 Å². The number of pyridine rings is 1. The van der Waals surface area contributed by atoms with Gasteiger partial charge in [0.05, 0.1) is 16.9 Å². The van der Waals surface area contributed by atoms with Gasteiger partial charge in [0, 0.05) is 60.2 Å². The number of alkyl halides is 3. The van der Waals surface area contributed by atoms with Crippen LogP contribution in [0.15, 0.2) is 89.7 Å². The van der Waals surface area contributed by atoms with Gasteiger partial charge in [-0.3, -0.25) is 14.4 Å². The standard InChI is InChI=1S/C36H33F3N4O3/c1-22-12-13-24-6-2-3-9-31(24)43(22)35(46)26-14-15-32(29(18-26)40-34(45)25-7-4-8-28(17-25)36(37,38)39)41-19-23-16-27(21-41)30-10-5-11-33(44)42(30)20-23/h2-11,14-15,17-18,22-23,27H,12-13,16,19-21H2,1H3,(H,40,45)/t22-,23-,27+/m1/s1. The Labute approximate surface area is 264 Å². The van der Waals surface area contributed by atoms with Crippen LogP contribution in [-0.4, -0.2) is 35.5 Å². The summed E-state index contributed by atoms with van der Waals surface area (Å²) in [5, 5.41) is 2.85. The van der Waals surface area contributed by atoms with Gasteiger partial charge in [-0.15, -0.1) is 0 Å². The average Bonchev–Trinajstić information content (AvgIpc) is 3.04. The molecular formula is C36H33F3N4O3. The zero-order chi connectivity index (χ0) is 32.2. The van der Waals surface area contributed by atoms with Gasteiger partial charge < -0.3 is 19.7 Å². The predicted molar refractivity (Wildman–Crippen MR) is 171 cm³/mol. The smallest absolute Gasteiger partial charge is 0.369 e. The van der Waals surface area contributed by atoms with Gasteiger partial charge in [0.25, 0.3) is 17.4 Å². The topological polar surface area (TPSA) is 74.7 Å². The lowest BCUT2D eigenvalue weighted by Gasteiger charge is -2.44. The number of nitrogens with zero attached hydrogens (tertiary/aromatic N) is 3. The highest BCUT2D eigenvalue weighted by molar-refractivity contribution is 6.10. The number of aromatic nitrogens is 1. The van der Waals surface area contributed by atoms with Gasteiger partial charge in [-0.2, -0.15) is 13.2 Å². The Kier molecular flexibility index (Phi) is 7.45. The lowest BCUT2D eigenvalue weighted by atomic mass is 9.83. The second-order valence-electron chi connectivity index (χ2n) is 12.6. The summed E-state index contributed by atoms with van der Waals surface area (Å²) < 4.78 is 42.2. The first-order valence-corrected chi connectivity index (χ1v) is 15.6. The molecule has 4 heterocycles. The lowest BCUT2D eigenvalue weighted by Crippen LogP contribution is -2.47. The van der Waals surface area contributed by atoms with E-state index in [9.17, 15) is 27.6 Å². The van der Waals surface area contributed by atoms with Crippen molar-refractivity contribution in [1.82, 2.24) is 4.57 Å². The lowest BCUT2D eigenvalue weighted by molar-refractivity contribution is -0.137. The molecule has 1 aromatic heterocycles. The van der Waals surface area contributed by atoms with Crippen molar-refractivity contribution in [3.8, 4) is 0 Å². The van der Waals surface area contributed by atoms with Gasteiger partial charge in [-0.25, -0.2) is 0 Å². The first-order valence-electron chi connectivity index (χ1n) is 15.6. The minimum Gasteiger partial charge on any atom is -0.369 e. The molecule has 3 aromatic carbocycles. The van der Waals surface area contributed by atoms with Gasteiger partial charge in [0.2, 0.25) is 0 Å². The monoisotopic (exact) mass is 626 g/mol. The van der Waals surface area contributed by atoms with Crippen molar-refractivity contribution in [2.45, 2.75) is 50.9 Å². The van der Waals surface area contributed by atoms with Crippen LogP contribution < -0.4 is 20.7 Å². The Morgan fingerprint density at radius 2 is 1.65 bits per heavy atom. The number of fused-ring (bicyclic) bond motifs is 5. The normalized spacial score (nSPS) is 20.5. The number of rotatable bonds is 4. The summed E-state index contributed by atoms with van der Waals surface area (Å²) in [7, 11) is 0. The first-order chi connectivity index (χ1) is 22.1. The van der Waals surface area contributed by atoms with Crippen LogP contribution in [0.1, 0.15) is 63.2 Å². The Hall–Kier alpha value is -4.86. The molecule has 1 saturated heterocycles. The fraction of sp³-hybridized carbons (Fsp3) is 0.306. The van der Waals surface area contributed by atoms with E-state index >= 15 is 0 Å². The number of benzene rings is 3. The minimum absolute atomic E-state index is 0.0222. The molecule has 0 saturated carbocycles. The summed E-state index contributed by atoms with van der Waals surface area (Å²) in [5.74, 6) is -0.655. The van der Waals surface area contributed by atoms with Crippen molar-refractivity contribution in [3.63, 3.8) is 0 Å². The average molecular weight is 627 g/mol. The van der Waals surface area contributed by atoms with E-state index in [2.05, 4.69) is 10.2 Å². The SMILES string of the molecule is C[C@@H]1CCc2ccccc2N1C(=O)c1ccc(N2C[C@H]3C[C@@H](C2)c2cccc(=O)n2C3)c(NC(=O)c2cccc(C(F)(F)F)c2)c1. The third kappa shape index (κ3) is 5.46. The number of amides is 2. The number of halogens is 3. The fourth-order valence-electron chi connectivity index (χ4n) is 7.31. The molecule has 1 N–H and O–H groups in total. The van der Waals surface area contributed by atoms with E-state index in [1.807, 2.05) is 47.9 Å². The molecule has 10 heteroatoms. The zero-order valence-corrected chi connectivity index (χ0v) is 25.3. The number of piperidine rings is 1. The molecule has 0 radical (unpaired) electrons. The van der Waals surface area contributed by atoms with Gasteiger partial charge in [0.15, 0.2) is 0 Å². The maximum Gasteiger partial charge on any atom is 0.416 e. The van der Waals surface area contributed by atoms with Crippen LogP contribution >= 0.6 is 0 Å². The number of anilines is 3. The first kappa shape index (κ1) is 29.8. The molecule has 236 valence electrons. The maximum absolute atomic E-state index is 14.1. The molecule has 3 aliphatic heterocycles. The molecule has 2 amide bonds. The molecule has 7 nitrogen and oxygen atoms in total. The third-order valence-electron chi connectivity index (χ3n) is 9.51. The van der Waals surface area contributed by atoms with Gasteiger partial charge in [-0.1, -0.05) is 30.3 Å². The van der Waals surface area contributed by atoms with E-state index in [1.165, 1.54) is 12.1 Å². The van der Waals surface area contributed by atoms with E-state index in [0.29, 0.717) is 36.6 Å². The Morgan fingerprint density at radius 3 is 2.48 bits per heavy atom. The third-order valence-corrected chi connectivity index (χ3v) is 9.51. The Balaban J connectivity index is 1.26. The number of carbonyl (C=O) groups excluding carboxylic acids is 2. The van der Waals surface area contributed by atoms with E-state index in [1.54, 1.807) is 29.2 Å². The van der Waals surface area contributed by atoms with E-state index < -0.39 is 17.6 Å². The van der Waals surface area contributed by atoms with Crippen molar-refractivity contribution in [2.24, 2.45) is 5.92 Å². The van der Waals surface area contributed by atoms with Gasteiger partial charge in [-0.05, 0) is 86.2 Å². The second-order valence-corrected chi connectivity index (χ2v) is 12.6. The highest BCUT2D eigenvalue weighted by Gasteiger charge is 2.36. The van der Waals surface area contributed by atoms with Crippen molar-refractivity contribution < 1.29 is 22.8 Å². The highest BCUT2D eigenvalue weighted by Crippen LogP contribution is 2.40. The summed E-state index contributed by atoms with van der Waals surface area (Å²) in [4.78, 5) is 44.1. The van der Waals surface area contributed by atoms with Crippen LogP contribution in [0.25, 0.3) is 0 Å². The van der Waals surface area contributed by atoms with E-state index in [4.69, 9.17) is 0 Å². The molecule has 7 rings (SSSR count). The van der Waals surface area contributed by atoms with Crippen LogP contribution in [0.4, 0.5) is 30.2 Å². The highest BCUT2D eigenvalue weighted by atomic mass is 19.4. The summed E-state index contributed by atoms with van der Waals surface area (Å²) in [5.41, 5.74) is 3.20. The number of carbonyl (C=O) groups is 2. The second kappa shape index (κ2) is 11.5. The van der Waals surface area contributed by atoms with Crippen molar-refractivity contribution in [1.29, 1.82) is 0 Å². The van der Waals surface area contributed by atoms with Crippen LogP contribution in [-0.2, 0) is 19.1 Å². The molecule has 46 heavy (non-hydrogen) atoms. The molecular weight excluding hydrogens is 593 g/mol. The zero-order valence-electron chi connectivity index (χ0n) is 25.3. The van der Waals surface area contributed by atoms with Crippen LogP contribution in [0.3, 0.4) is 0 Å². The van der Waals surface area contributed by atoms with Crippen molar-refractivity contribution in [3.05, 3.63) is 123 Å². The van der Waals surface area contributed by atoms with Gasteiger partial charge >= 0.3 is 6.18 Å². The van der Waals surface area contributed by atoms with Crippen LogP contribution in [0, 0.1) is 5.92 Å². The van der Waals surface area contributed by atoms with Crippen molar-refractivity contribution >= 4 is 28.9 Å². The summed E-state index contributed by atoms with van der Waals surface area (Å²) in [6.45, 7) is 3.79. The quantitative estimate of drug-likeness (QED) is 0.273. The number of hydrogen-bond donors (Lipinski definition) is 1. The summed E-state index contributed by atoms with van der Waals surface area (Å²) >= 11 is 0. The van der Waals surface area contributed by atoms with E-state index in [-0.39, 0.29) is 34.9 Å². The van der Waals surface area contributed by atoms with E-state index in [0.717, 1.165) is 48.3 Å². The molecule has 4 aromatic rings. The Bertz CT molecular complexity index is 1900. The van der Waals surface area contributed by atoms with Crippen LogP contribution in [0.2, 0.25) is 0 Å². The summed E-state index contributed by atoms with van der Waals surface area (Å²) in [6, 6.07) is 22.6. The summed E-state index contributed by atoms with van der Waals surface area (Å²) in [6.07, 6.45) is -2.00.